The Kier molecular flexibility index (Phi) is 7.94. The molecule has 33 heavy (non-hydrogen) atoms. The zero-order valence-corrected chi connectivity index (χ0v) is 21.1. The molecule has 172 valence electrons. The number of thiophene rings is 1. The van der Waals surface area contributed by atoms with Gasteiger partial charge < -0.3 is 5.73 Å². The van der Waals surface area contributed by atoms with Gasteiger partial charge in [0.15, 0.2) is 0 Å². The van der Waals surface area contributed by atoms with Gasteiger partial charge in [0.1, 0.15) is 9.04 Å². The van der Waals surface area contributed by atoms with Crippen LogP contribution in [0.4, 0.5) is 5.69 Å². The minimum atomic E-state index is -1.10. The minimum absolute atomic E-state index is 0.626. The number of nitrogens with two attached hydrogens (primary N) is 1. The van der Waals surface area contributed by atoms with Gasteiger partial charge in [-0.2, -0.15) is 0 Å². The Hall–Kier alpha value is -2.50. The predicted octanol–water partition coefficient (Wildman–Crippen LogP) is 7.99. The van der Waals surface area contributed by atoms with Gasteiger partial charge in [-0.1, -0.05) is 99.2 Å². The molecule has 0 spiro atoms. The van der Waals surface area contributed by atoms with E-state index in [2.05, 4.69) is 56.3 Å². The van der Waals surface area contributed by atoms with Crippen molar-refractivity contribution in [2.75, 3.05) is 11.5 Å². The first-order chi connectivity index (χ1) is 16.1. The first-order valence-electron chi connectivity index (χ1n) is 11.8. The van der Waals surface area contributed by atoms with E-state index < -0.39 is 10.8 Å². The summed E-state index contributed by atoms with van der Waals surface area (Å²) < 4.78 is 13.9. The molecule has 2 aromatic carbocycles. The molecule has 0 saturated carbocycles. The van der Waals surface area contributed by atoms with Crippen molar-refractivity contribution in [3.8, 4) is 22.4 Å². The number of anilines is 1. The smallest absolute Gasteiger partial charge is 0.127 e. The maximum absolute atomic E-state index is 13.2. The van der Waals surface area contributed by atoms with E-state index in [9.17, 15) is 4.21 Å². The number of hydrogen-bond donors (Lipinski definition) is 1. The van der Waals surface area contributed by atoms with Crippen molar-refractivity contribution < 1.29 is 4.21 Å². The fraction of sp³-hybridized carbons (Fsp3) is 0.321. The quantitative estimate of drug-likeness (QED) is 0.236. The van der Waals surface area contributed by atoms with Crippen molar-refractivity contribution in [3.63, 3.8) is 0 Å². The molecule has 1 atom stereocenters. The van der Waals surface area contributed by atoms with E-state index in [0.717, 1.165) is 49.7 Å². The summed E-state index contributed by atoms with van der Waals surface area (Å²) in [7, 11) is -1.10. The van der Waals surface area contributed by atoms with Gasteiger partial charge in [0.25, 0.3) is 0 Å². The molecule has 2 heterocycles. The largest absolute Gasteiger partial charge is 0.396 e. The van der Waals surface area contributed by atoms with Crippen LogP contribution in [0.2, 0.25) is 0 Å². The Morgan fingerprint density at radius 2 is 1.61 bits per heavy atom. The van der Waals surface area contributed by atoms with Crippen molar-refractivity contribution in [2.45, 2.75) is 56.6 Å². The second-order valence-corrected chi connectivity index (χ2v) is 11.4. The molecule has 0 amide bonds. The molecule has 0 aliphatic carbocycles. The Bertz CT molecular complexity index is 1230. The third kappa shape index (κ3) is 5.53. The summed E-state index contributed by atoms with van der Waals surface area (Å²) in [6, 6.07) is 20.8. The lowest BCUT2D eigenvalue weighted by Gasteiger charge is -2.09. The van der Waals surface area contributed by atoms with E-state index >= 15 is 0 Å². The van der Waals surface area contributed by atoms with Gasteiger partial charge in [-0.25, -0.2) is 4.98 Å². The maximum Gasteiger partial charge on any atom is 0.127 e. The number of fused-ring (bicyclic) bond motifs is 1. The topological polar surface area (TPSA) is 56.0 Å². The van der Waals surface area contributed by atoms with Crippen molar-refractivity contribution in [1.82, 2.24) is 4.98 Å². The molecule has 2 N–H and O–H groups in total. The first kappa shape index (κ1) is 23.7. The summed E-state index contributed by atoms with van der Waals surface area (Å²) in [6.45, 7) is 4.31. The van der Waals surface area contributed by atoms with Gasteiger partial charge in [0.2, 0.25) is 0 Å². The number of benzene rings is 2. The number of rotatable bonds is 10. The summed E-state index contributed by atoms with van der Waals surface area (Å²) in [6.07, 6.45) is 7.10. The van der Waals surface area contributed by atoms with Crippen molar-refractivity contribution >= 4 is 38.0 Å². The van der Waals surface area contributed by atoms with Gasteiger partial charge in [-0.3, -0.25) is 4.21 Å². The Labute approximate surface area is 203 Å². The highest BCUT2D eigenvalue weighted by Gasteiger charge is 2.20. The maximum atomic E-state index is 13.2. The predicted molar refractivity (Wildman–Crippen MR) is 144 cm³/mol. The molecule has 0 aliphatic heterocycles. The normalized spacial score (nSPS) is 12.3. The second kappa shape index (κ2) is 11.1. The highest BCUT2D eigenvalue weighted by molar-refractivity contribution is 7.87. The fourth-order valence-corrected chi connectivity index (χ4v) is 6.80. The van der Waals surface area contributed by atoms with Gasteiger partial charge in [0.05, 0.1) is 22.2 Å². The van der Waals surface area contributed by atoms with E-state index in [-0.39, 0.29) is 0 Å². The van der Waals surface area contributed by atoms with Gasteiger partial charge in [-0.05, 0) is 30.5 Å². The minimum Gasteiger partial charge on any atom is -0.396 e. The van der Waals surface area contributed by atoms with E-state index in [1.165, 1.54) is 42.6 Å². The number of nitrogens with zero attached hydrogens (tertiary/aromatic N) is 1. The SMILES string of the molecule is CCCCCCCCS(=O)c1sc2nc(-c3ccc(C)cc3)cc(-c3ccccc3)c2c1N. The van der Waals surface area contributed by atoms with E-state index in [0.29, 0.717) is 11.4 Å². The highest BCUT2D eigenvalue weighted by atomic mass is 32.2. The third-order valence-electron chi connectivity index (χ3n) is 5.99. The van der Waals surface area contributed by atoms with E-state index in [1.54, 1.807) is 0 Å². The van der Waals surface area contributed by atoms with Crippen LogP contribution in [0.25, 0.3) is 32.6 Å². The van der Waals surface area contributed by atoms with Crippen LogP contribution in [-0.4, -0.2) is 14.9 Å². The standard InChI is InChI=1S/C28H32N2OS2/c1-3-4-5-6-7-11-18-33(31)28-26(29)25-23(21-12-9-8-10-13-21)19-24(30-27(25)32-28)22-16-14-20(2)15-17-22/h8-10,12-17,19H,3-7,11,18,29H2,1-2H3. The van der Waals surface area contributed by atoms with Crippen molar-refractivity contribution in [2.24, 2.45) is 0 Å². The summed E-state index contributed by atoms with van der Waals surface area (Å²) in [4.78, 5) is 5.82. The number of nitrogen functional groups attached to an aromatic ring is 1. The van der Waals surface area contributed by atoms with Crippen LogP contribution in [0, 0.1) is 6.92 Å². The Balaban J connectivity index is 1.70. The van der Waals surface area contributed by atoms with Crippen LogP contribution >= 0.6 is 11.3 Å². The molecule has 0 fully saturated rings. The van der Waals surface area contributed by atoms with Crippen molar-refractivity contribution in [1.29, 1.82) is 0 Å². The second-order valence-electron chi connectivity index (χ2n) is 8.59. The molecule has 1 unspecified atom stereocenters. The molecule has 0 saturated heterocycles. The molecule has 2 aromatic heterocycles. The summed E-state index contributed by atoms with van der Waals surface area (Å²) >= 11 is 1.49. The average molecular weight is 477 g/mol. The lowest BCUT2D eigenvalue weighted by atomic mass is 10.00. The van der Waals surface area contributed by atoms with Crippen LogP contribution < -0.4 is 5.73 Å². The average Bonchev–Trinajstić information content (AvgIpc) is 3.18. The highest BCUT2D eigenvalue weighted by Crippen LogP contribution is 2.42. The van der Waals surface area contributed by atoms with Gasteiger partial charge in [-0.15, -0.1) is 11.3 Å². The molecular weight excluding hydrogens is 444 g/mol. The van der Waals surface area contributed by atoms with Crippen LogP contribution in [0.3, 0.4) is 0 Å². The number of aromatic nitrogens is 1. The molecule has 4 aromatic rings. The third-order valence-corrected chi connectivity index (χ3v) is 8.98. The molecule has 4 rings (SSSR count). The molecular formula is C28H32N2OS2. The Morgan fingerprint density at radius 3 is 2.33 bits per heavy atom. The lowest BCUT2D eigenvalue weighted by Crippen LogP contribution is -1.99. The molecule has 0 radical (unpaired) electrons. The first-order valence-corrected chi connectivity index (χ1v) is 14.0. The summed E-state index contributed by atoms with van der Waals surface area (Å²) in [5.41, 5.74) is 12.6. The van der Waals surface area contributed by atoms with E-state index in [1.807, 2.05) is 18.2 Å². The monoisotopic (exact) mass is 476 g/mol. The number of aryl methyl sites for hydroxylation is 1. The van der Waals surface area contributed by atoms with Crippen LogP contribution in [0.15, 0.2) is 64.9 Å². The van der Waals surface area contributed by atoms with E-state index in [4.69, 9.17) is 10.7 Å². The number of unbranched alkanes of at least 4 members (excludes halogenated alkanes) is 5. The summed E-state index contributed by atoms with van der Waals surface area (Å²) in [5, 5.41) is 0.924. The van der Waals surface area contributed by atoms with Crippen LogP contribution in [0.5, 0.6) is 0 Å². The fourth-order valence-electron chi connectivity index (χ4n) is 4.09. The number of hydrogen-bond acceptors (Lipinski definition) is 4. The molecule has 3 nitrogen and oxygen atoms in total. The molecule has 0 bridgehead atoms. The number of pyridine rings is 1. The molecule has 0 aliphatic rings. The van der Waals surface area contributed by atoms with Gasteiger partial charge >= 0.3 is 0 Å². The zero-order valence-electron chi connectivity index (χ0n) is 19.5. The van der Waals surface area contributed by atoms with Crippen LogP contribution in [0.1, 0.15) is 51.0 Å². The lowest BCUT2D eigenvalue weighted by molar-refractivity contribution is 0.622. The Morgan fingerprint density at radius 1 is 0.909 bits per heavy atom. The zero-order chi connectivity index (χ0) is 23.2. The van der Waals surface area contributed by atoms with Crippen molar-refractivity contribution in [3.05, 3.63) is 66.2 Å². The summed E-state index contributed by atoms with van der Waals surface area (Å²) in [5.74, 6) is 0.661. The van der Waals surface area contributed by atoms with Gasteiger partial charge in [0, 0.05) is 16.7 Å². The van der Waals surface area contributed by atoms with Crippen LogP contribution in [-0.2, 0) is 10.8 Å². The molecule has 5 heteroatoms.